The Labute approximate surface area is 107 Å². The van der Waals surface area contributed by atoms with E-state index in [1.807, 2.05) is 39.0 Å². The van der Waals surface area contributed by atoms with E-state index in [1.165, 1.54) is 5.56 Å². The van der Waals surface area contributed by atoms with Crippen LogP contribution in [0.1, 0.15) is 25.8 Å². The smallest absolute Gasteiger partial charge is 0.306 e. The van der Waals surface area contributed by atoms with Crippen LogP contribution in [0.5, 0.6) is 0 Å². The quantitative estimate of drug-likeness (QED) is 0.498. The molecule has 0 bridgehead atoms. The molecule has 0 saturated carbocycles. The van der Waals surface area contributed by atoms with Crippen LogP contribution in [0, 0.1) is 6.92 Å². The fourth-order valence-electron chi connectivity index (χ4n) is 1.46. The first-order chi connectivity index (χ1) is 8.02. The fourth-order valence-corrected chi connectivity index (χ4v) is 2.57. The van der Waals surface area contributed by atoms with Gasteiger partial charge in [-0.15, -0.1) is 11.8 Å². The number of nitrogens with two attached hydrogens (primary N) is 1. The Kier molecular flexibility index (Phi) is 5.35. The molecule has 0 heterocycles. The summed E-state index contributed by atoms with van der Waals surface area (Å²) in [6.45, 7) is 6.28. The van der Waals surface area contributed by atoms with Gasteiger partial charge >= 0.3 is 5.97 Å². The molecule has 0 radical (unpaired) electrons. The van der Waals surface area contributed by atoms with E-state index in [4.69, 9.17) is 10.5 Å². The third-order valence-corrected chi connectivity index (χ3v) is 3.43. The zero-order valence-electron chi connectivity index (χ0n) is 10.5. The number of benzene rings is 1. The zero-order valence-corrected chi connectivity index (χ0v) is 11.3. The highest BCUT2D eigenvalue weighted by Crippen LogP contribution is 2.30. The minimum atomic E-state index is -0.154. The third-order valence-electron chi connectivity index (χ3n) is 2.26. The summed E-state index contributed by atoms with van der Waals surface area (Å²) in [5.41, 5.74) is 7.82. The van der Waals surface area contributed by atoms with Crippen molar-refractivity contribution in [2.24, 2.45) is 0 Å². The molecular formula is C13H19NO2S. The summed E-state index contributed by atoms with van der Waals surface area (Å²) < 4.78 is 4.92. The van der Waals surface area contributed by atoms with Gasteiger partial charge in [-0.05, 0) is 31.5 Å². The van der Waals surface area contributed by atoms with Crippen molar-refractivity contribution in [2.45, 2.75) is 37.3 Å². The Morgan fingerprint density at radius 1 is 1.53 bits per heavy atom. The van der Waals surface area contributed by atoms with Gasteiger partial charge in [0, 0.05) is 15.8 Å². The number of thioether (sulfide) groups is 1. The summed E-state index contributed by atoms with van der Waals surface area (Å²) >= 11 is 1.61. The van der Waals surface area contributed by atoms with E-state index in [2.05, 4.69) is 0 Å². The SMILES string of the molecule is CCOC(=O)CC(C)Sc1cc(C)ccc1N. The highest BCUT2D eigenvalue weighted by Gasteiger charge is 2.12. The molecule has 4 heteroatoms. The lowest BCUT2D eigenvalue weighted by atomic mass is 10.2. The van der Waals surface area contributed by atoms with E-state index in [1.54, 1.807) is 11.8 Å². The number of hydrogen-bond acceptors (Lipinski definition) is 4. The average molecular weight is 253 g/mol. The van der Waals surface area contributed by atoms with Gasteiger partial charge in [-0.3, -0.25) is 4.79 Å². The van der Waals surface area contributed by atoms with Crippen LogP contribution >= 0.6 is 11.8 Å². The first-order valence-electron chi connectivity index (χ1n) is 5.71. The molecule has 0 aliphatic rings. The molecule has 0 fully saturated rings. The van der Waals surface area contributed by atoms with Crippen LogP contribution in [-0.2, 0) is 9.53 Å². The molecule has 1 atom stereocenters. The van der Waals surface area contributed by atoms with Gasteiger partial charge in [0.05, 0.1) is 13.0 Å². The maximum absolute atomic E-state index is 11.3. The van der Waals surface area contributed by atoms with Crippen molar-refractivity contribution in [1.82, 2.24) is 0 Å². The van der Waals surface area contributed by atoms with Gasteiger partial charge in [-0.2, -0.15) is 0 Å². The minimum Gasteiger partial charge on any atom is -0.466 e. The van der Waals surface area contributed by atoms with E-state index in [9.17, 15) is 4.79 Å². The highest BCUT2D eigenvalue weighted by atomic mass is 32.2. The molecule has 1 rings (SSSR count). The Bertz CT molecular complexity index is 393. The summed E-state index contributed by atoms with van der Waals surface area (Å²) in [7, 11) is 0. The number of aryl methyl sites for hydroxylation is 1. The number of carbonyl (C=O) groups is 1. The molecule has 0 spiro atoms. The number of nitrogen functional groups attached to an aromatic ring is 1. The standard InChI is InChI=1S/C13H19NO2S/c1-4-16-13(15)8-10(3)17-12-7-9(2)5-6-11(12)14/h5-7,10H,4,8,14H2,1-3H3. The van der Waals surface area contributed by atoms with Gasteiger partial charge in [0.25, 0.3) is 0 Å². The first-order valence-corrected chi connectivity index (χ1v) is 6.59. The Morgan fingerprint density at radius 3 is 2.88 bits per heavy atom. The molecular weight excluding hydrogens is 234 g/mol. The Morgan fingerprint density at radius 2 is 2.24 bits per heavy atom. The molecule has 1 unspecified atom stereocenters. The number of rotatable bonds is 5. The Balaban J connectivity index is 2.58. The van der Waals surface area contributed by atoms with Gasteiger partial charge in [-0.1, -0.05) is 13.0 Å². The normalized spacial score (nSPS) is 12.2. The van der Waals surface area contributed by atoms with Crippen molar-refractivity contribution in [3.05, 3.63) is 23.8 Å². The van der Waals surface area contributed by atoms with Gasteiger partial charge in [-0.25, -0.2) is 0 Å². The predicted octanol–water partition coefficient (Wildman–Crippen LogP) is 3.01. The van der Waals surface area contributed by atoms with E-state index in [0.29, 0.717) is 13.0 Å². The lowest BCUT2D eigenvalue weighted by Gasteiger charge is -2.12. The maximum Gasteiger partial charge on any atom is 0.306 e. The average Bonchev–Trinajstić information content (AvgIpc) is 2.23. The monoisotopic (exact) mass is 253 g/mol. The second kappa shape index (κ2) is 6.55. The molecule has 1 aromatic carbocycles. The number of esters is 1. The molecule has 17 heavy (non-hydrogen) atoms. The first kappa shape index (κ1) is 13.9. The second-order valence-electron chi connectivity index (χ2n) is 3.98. The van der Waals surface area contributed by atoms with Crippen LogP contribution in [0.25, 0.3) is 0 Å². The Hall–Kier alpha value is -1.16. The van der Waals surface area contributed by atoms with Gasteiger partial charge in [0.2, 0.25) is 0 Å². The van der Waals surface area contributed by atoms with Crippen molar-refractivity contribution in [3.8, 4) is 0 Å². The second-order valence-corrected chi connectivity index (χ2v) is 5.46. The largest absolute Gasteiger partial charge is 0.466 e. The maximum atomic E-state index is 11.3. The zero-order chi connectivity index (χ0) is 12.8. The molecule has 0 aliphatic heterocycles. The van der Waals surface area contributed by atoms with Crippen molar-refractivity contribution >= 4 is 23.4 Å². The van der Waals surface area contributed by atoms with E-state index < -0.39 is 0 Å². The molecule has 0 aliphatic carbocycles. The van der Waals surface area contributed by atoms with Crippen LogP contribution in [0.2, 0.25) is 0 Å². The predicted molar refractivity (Wildman–Crippen MR) is 72.2 cm³/mol. The summed E-state index contributed by atoms with van der Waals surface area (Å²) in [4.78, 5) is 12.4. The van der Waals surface area contributed by atoms with Crippen LogP contribution in [0.4, 0.5) is 5.69 Å². The molecule has 0 amide bonds. The fraction of sp³-hybridized carbons (Fsp3) is 0.462. The van der Waals surface area contributed by atoms with Gasteiger partial charge in [0.1, 0.15) is 0 Å². The number of carbonyl (C=O) groups excluding carboxylic acids is 1. The molecule has 0 saturated heterocycles. The molecule has 3 nitrogen and oxygen atoms in total. The third kappa shape index (κ3) is 4.69. The van der Waals surface area contributed by atoms with Crippen LogP contribution < -0.4 is 5.73 Å². The van der Waals surface area contributed by atoms with E-state index >= 15 is 0 Å². The topological polar surface area (TPSA) is 52.3 Å². The molecule has 2 N–H and O–H groups in total. The van der Waals surface area contributed by atoms with E-state index in [0.717, 1.165) is 10.6 Å². The van der Waals surface area contributed by atoms with Crippen LogP contribution in [0.3, 0.4) is 0 Å². The summed E-state index contributed by atoms with van der Waals surface area (Å²) in [5.74, 6) is -0.154. The summed E-state index contributed by atoms with van der Waals surface area (Å²) in [6.07, 6.45) is 0.409. The number of ether oxygens (including phenoxy) is 1. The van der Waals surface area contributed by atoms with Crippen molar-refractivity contribution < 1.29 is 9.53 Å². The lowest BCUT2D eigenvalue weighted by Crippen LogP contribution is -2.10. The number of hydrogen-bond donors (Lipinski definition) is 1. The lowest BCUT2D eigenvalue weighted by molar-refractivity contribution is -0.142. The number of anilines is 1. The van der Waals surface area contributed by atoms with Crippen LogP contribution in [0.15, 0.2) is 23.1 Å². The van der Waals surface area contributed by atoms with Gasteiger partial charge < -0.3 is 10.5 Å². The molecule has 94 valence electrons. The molecule has 0 aromatic heterocycles. The minimum absolute atomic E-state index is 0.154. The van der Waals surface area contributed by atoms with Crippen molar-refractivity contribution in [2.75, 3.05) is 12.3 Å². The van der Waals surface area contributed by atoms with Crippen molar-refractivity contribution in [3.63, 3.8) is 0 Å². The summed E-state index contributed by atoms with van der Waals surface area (Å²) in [5, 5.41) is 0.165. The van der Waals surface area contributed by atoms with Crippen LogP contribution in [-0.4, -0.2) is 17.8 Å². The highest BCUT2D eigenvalue weighted by molar-refractivity contribution is 8.00. The van der Waals surface area contributed by atoms with E-state index in [-0.39, 0.29) is 11.2 Å². The molecule has 1 aromatic rings. The van der Waals surface area contributed by atoms with Gasteiger partial charge in [0.15, 0.2) is 0 Å². The van der Waals surface area contributed by atoms with Crippen molar-refractivity contribution in [1.29, 1.82) is 0 Å². The summed E-state index contributed by atoms with van der Waals surface area (Å²) in [6, 6.07) is 5.92.